The van der Waals surface area contributed by atoms with Crippen LogP contribution < -0.4 is 20.9 Å². The molecule has 1 aliphatic carbocycles. The van der Waals surface area contributed by atoms with Gasteiger partial charge in [0, 0.05) is 23.1 Å². The molecule has 4 aromatic rings. The molecular formula is C30H29FN4O5S. The van der Waals surface area contributed by atoms with E-state index < -0.39 is 22.7 Å². The van der Waals surface area contributed by atoms with Crippen molar-refractivity contribution in [3.8, 4) is 22.8 Å². The minimum absolute atomic E-state index is 0.00386. The molecule has 0 bridgehead atoms. The van der Waals surface area contributed by atoms with Crippen LogP contribution in [0.4, 0.5) is 9.52 Å². The Morgan fingerprint density at radius 3 is 2.63 bits per heavy atom. The van der Waals surface area contributed by atoms with Crippen LogP contribution >= 0.6 is 11.3 Å². The third-order valence-electron chi connectivity index (χ3n) is 7.74. The normalized spacial score (nSPS) is 19.4. The number of amides is 1. The van der Waals surface area contributed by atoms with Gasteiger partial charge in [0.25, 0.3) is 0 Å². The third kappa shape index (κ3) is 5.00. The lowest BCUT2D eigenvalue weighted by atomic mass is 9.81. The molecule has 2 aromatic carbocycles. The molecule has 212 valence electrons. The highest BCUT2D eigenvalue weighted by atomic mass is 32.1. The molecule has 2 aromatic heterocycles. The number of carbonyl (C=O) groups excluding carboxylic acids is 2. The minimum Gasteiger partial charge on any atom is -0.489 e. The SMILES string of the molecule is C[C@](O)(CCC(=O)c1cc(OC2CC2)c2nc(N)sc2c1)c1cc2c(c(-c3ccc(F)cc3)n1)OC[C@]2(C)C(N)=O. The summed E-state index contributed by atoms with van der Waals surface area (Å²) in [7, 11) is 0. The van der Waals surface area contributed by atoms with Crippen LogP contribution in [-0.4, -0.2) is 39.5 Å². The van der Waals surface area contributed by atoms with E-state index >= 15 is 0 Å². The van der Waals surface area contributed by atoms with E-state index in [2.05, 4.69) is 9.97 Å². The highest BCUT2D eigenvalue weighted by molar-refractivity contribution is 7.22. The Hall–Kier alpha value is -4.09. The lowest BCUT2D eigenvalue weighted by Gasteiger charge is -2.26. The van der Waals surface area contributed by atoms with Gasteiger partial charge in [0.2, 0.25) is 5.91 Å². The van der Waals surface area contributed by atoms with Gasteiger partial charge >= 0.3 is 0 Å². The number of nitrogens with zero attached hydrogens (tertiary/aromatic N) is 2. The van der Waals surface area contributed by atoms with Gasteiger partial charge in [-0.3, -0.25) is 9.59 Å². The number of rotatable bonds is 9. The first-order valence-corrected chi connectivity index (χ1v) is 14.1. The Bertz CT molecular complexity index is 1700. The van der Waals surface area contributed by atoms with Crippen molar-refractivity contribution in [3.63, 3.8) is 0 Å². The Morgan fingerprint density at radius 1 is 1.22 bits per heavy atom. The topological polar surface area (TPSA) is 151 Å². The minimum atomic E-state index is -1.56. The van der Waals surface area contributed by atoms with E-state index in [1.165, 1.54) is 23.5 Å². The Morgan fingerprint density at radius 2 is 1.95 bits per heavy atom. The zero-order valence-corrected chi connectivity index (χ0v) is 23.4. The van der Waals surface area contributed by atoms with Crippen LogP contribution in [0.5, 0.6) is 11.5 Å². The number of aromatic nitrogens is 2. The number of ether oxygens (including phenoxy) is 2. The van der Waals surface area contributed by atoms with Gasteiger partial charge in [-0.1, -0.05) is 11.3 Å². The molecule has 3 heterocycles. The van der Waals surface area contributed by atoms with E-state index in [0.717, 1.165) is 17.5 Å². The number of thiazole rings is 1. The Balaban J connectivity index is 1.32. The lowest BCUT2D eigenvalue weighted by Crippen LogP contribution is -2.40. The van der Waals surface area contributed by atoms with Gasteiger partial charge in [0.05, 0.1) is 16.5 Å². The number of ketones is 1. The lowest BCUT2D eigenvalue weighted by molar-refractivity contribution is -0.123. The zero-order chi connectivity index (χ0) is 29.1. The number of hydrogen-bond acceptors (Lipinski definition) is 9. The predicted octanol–water partition coefficient (Wildman–Crippen LogP) is 4.63. The number of aliphatic hydroxyl groups is 1. The molecular weight excluding hydrogens is 547 g/mol. The molecule has 0 saturated heterocycles. The van der Waals surface area contributed by atoms with E-state index in [1.807, 2.05) is 0 Å². The van der Waals surface area contributed by atoms with Crippen molar-refractivity contribution in [3.05, 3.63) is 65.1 Å². The number of anilines is 1. The second kappa shape index (κ2) is 9.78. The molecule has 1 aliphatic heterocycles. The number of nitrogens with two attached hydrogens (primary N) is 2. The van der Waals surface area contributed by atoms with Crippen molar-refractivity contribution in [2.45, 2.75) is 56.7 Å². The molecule has 1 fully saturated rings. The Kier molecular flexibility index (Phi) is 6.46. The van der Waals surface area contributed by atoms with Crippen LogP contribution in [0.3, 0.4) is 0 Å². The predicted molar refractivity (Wildman–Crippen MR) is 152 cm³/mol. The number of hydrogen-bond donors (Lipinski definition) is 3. The molecule has 0 spiro atoms. The summed E-state index contributed by atoms with van der Waals surface area (Å²) in [6.07, 6.45) is 2.06. The van der Waals surface area contributed by atoms with Gasteiger partial charge < -0.3 is 26.0 Å². The zero-order valence-electron chi connectivity index (χ0n) is 22.6. The summed E-state index contributed by atoms with van der Waals surface area (Å²) in [5.74, 6) is -0.307. The molecule has 2 atom stereocenters. The molecule has 41 heavy (non-hydrogen) atoms. The van der Waals surface area contributed by atoms with Gasteiger partial charge in [-0.15, -0.1) is 0 Å². The van der Waals surface area contributed by atoms with Crippen LogP contribution in [0.25, 0.3) is 21.5 Å². The maximum Gasteiger partial charge on any atom is 0.231 e. The number of benzene rings is 2. The van der Waals surface area contributed by atoms with Crippen molar-refractivity contribution < 1.29 is 28.6 Å². The van der Waals surface area contributed by atoms with E-state index in [4.69, 9.17) is 20.9 Å². The average Bonchev–Trinajstić information content (AvgIpc) is 3.56. The summed E-state index contributed by atoms with van der Waals surface area (Å²) >= 11 is 1.28. The van der Waals surface area contributed by atoms with Crippen LogP contribution in [0.15, 0.2) is 42.5 Å². The summed E-state index contributed by atoms with van der Waals surface area (Å²) in [5.41, 5.74) is 11.6. The number of pyridine rings is 1. The van der Waals surface area contributed by atoms with Crippen LogP contribution in [-0.2, 0) is 15.8 Å². The molecule has 6 rings (SSSR count). The standard InChI is InChI=1S/C30H29FN4O5S/c1-29(27(32)37)14-39-26-19(29)13-23(34-24(26)15-3-5-17(31)6-4-15)30(2,38)10-9-20(36)16-11-21(40-18-7-8-18)25-22(12-16)41-28(33)35-25/h3-6,11-13,18,38H,7-10,14H2,1-2H3,(H2,32,37)(H2,33,35)/t29-,30-/m0/s1. The molecule has 9 nitrogen and oxygen atoms in total. The van der Waals surface area contributed by atoms with Gasteiger partial charge in [0.15, 0.2) is 10.9 Å². The Labute approximate surface area is 239 Å². The molecule has 1 saturated carbocycles. The first-order chi connectivity index (χ1) is 19.4. The maximum absolute atomic E-state index is 13.7. The number of Topliss-reactive ketones (excluding diaryl/α,β-unsaturated/α-hetero) is 1. The second-order valence-corrected chi connectivity index (χ2v) is 12.2. The second-order valence-electron chi connectivity index (χ2n) is 11.1. The number of halogens is 1. The van der Waals surface area contributed by atoms with Crippen LogP contribution in [0.1, 0.15) is 61.1 Å². The van der Waals surface area contributed by atoms with Gasteiger partial charge in [-0.25, -0.2) is 14.4 Å². The molecule has 1 amide bonds. The quantitative estimate of drug-likeness (QED) is 0.244. The van der Waals surface area contributed by atoms with Crippen LogP contribution in [0.2, 0.25) is 0 Å². The summed E-state index contributed by atoms with van der Waals surface area (Å²) in [6.45, 7) is 3.24. The third-order valence-corrected chi connectivity index (χ3v) is 8.57. The number of nitrogen functional groups attached to an aromatic ring is 1. The molecule has 5 N–H and O–H groups in total. The summed E-state index contributed by atoms with van der Waals surface area (Å²) < 4.78 is 26.3. The van der Waals surface area contributed by atoms with Gasteiger partial charge in [0.1, 0.15) is 46.1 Å². The fraction of sp³-hybridized carbons (Fsp3) is 0.333. The number of primary amides is 1. The van der Waals surface area contributed by atoms with E-state index in [1.54, 1.807) is 44.2 Å². The molecule has 0 unspecified atom stereocenters. The number of carbonyl (C=O) groups is 2. The fourth-order valence-corrected chi connectivity index (χ4v) is 5.72. The molecule has 0 radical (unpaired) electrons. The largest absolute Gasteiger partial charge is 0.489 e. The first-order valence-electron chi connectivity index (χ1n) is 13.3. The highest BCUT2D eigenvalue weighted by Crippen LogP contribution is 2.46. The first kappa shape index (κ1) is 27.1. The van der Waals surface area contributed by atoms with E-state index in [0.29, 0.717) is 44.5 Å². The van der Waals surface area contributed by atoms with Gasteiger partial charge in [-0.2, -0.15) is 0 Å². The smallest absolute Gasteiger partial charge is 0.231 e. The highest BCUT2D eigenvalue weighted by Gasteiger charge is 2.45. The van der Waals surface area contributed by atoms with E-state index in [9.17, 15) is 19.1 Å². The monoisotopic (exact) mass is 576 g/mol. The summed E-state index contributed by atoms with van der Waals surface area (Å²) in [5, 5.41) is 12.0. The van der Waals surface area contributed by atoms with Crippen molar-refractivity contribution in [1.82, 2.24) is 9.97 Å². The van der Waals surface area contributed by atoms with Crippen molar-refractivity contribution in [2.24, 2.45) is 5.73 Å². The van der Waals surface area contributed by atoms with Gasteiger partial charge in [-0.05, 0) is 75.6 Å². The van der Waals surface area contributed by atoms with Crippen molar-refractivity contribution in [2.75, 3.05) is 12.3 Å². The fourth-order valence-electron chi connectivity index (χ4n) is 4.93. The number of fused-ring (bicyclic) bond motifs is 2. The summed E-state index contributed by atoms with van der Waals surface area (Å²) in [6, 6.07) is 10.7. The molecule has 11 heteroatoms. The average molecular weight is 577 g/mol. The van der Waals surface area contributed by atoms with Crippen molar-refractivity contribution in [1.29, 1.82) is 0 Å². The van der Waals surface area contributed by atoms with Crippen molar-refractivity contribution >= 4 is 38.4 Å². The van der Waals surface area contributed by atoms with E-state index in [-0.39, 0.29) is 37.0 Å². The summed E-state index contributed by atoms with van der Waals surface area (Å²) in [4.78, 5) is 34.9. The molecule has 2 aliphatic rings. The maximum atomic E-state index is 13.7. The van der Waals surface area contributed by atoms with Crippen LogP contribution in [0, 0.1) is 5.82 Å².